The summed E-state index contributed by atoms with van der Waals surface area (Å²) in [6, 6.07) is 6.15. The van der Waals surface area contributed by atoms with E-state index >= 15 is 0 Å². The highest BCUT2D eigenvalue weighted by Gasteiger charge is 2.59. The first-order valence-corrected chi connectivity index (χ1v) is 9.70. The quantitative estimate of drug-likeness (QED) is 0.850. The SMILES string of the molecule is CC(=O)NC12CC3CC(C1)CC(c1nc4ccccn4c1Br)(C3)C2. The van der Waals surface area contributed by atoms with Crippen molar-refractivity contribution in [2.75, 3.05) is 0 Å². The van der Waals surface area contributed by atoms with Crippen molar-refractivity contribution in [1.82, 2.24) is 14.7 Å². The Kier molecular flexibility index (Phi) is 3.01. The number of fused-ring (bicyclic) bond motifs is 1. The van der Waals surface area contributed by atoms with Crippen molar-refractivity contribution in [2.45, 2.75) is 56.4 Å². The van der Waals surface area contributed by atoms with Gasteiger partial charge in [-0.3, -0.25) is 9.20 Å². The van der Waals surface area contributed by atoms with Crippen molar-refractivity contribution >= 4 is 27.5 Å². The molecule has 24 heavy (non-hydrogen) atoms. The average Bonchev–Trinajstić information content (AvgIpc) is 2.83. The molecule has 0 radical (unpaired) electrons. The van der Waals surface area contributed by atoms with Crippen LogP contribution in [0.25, 0.3) is 5.65 Å². The zero-order chi connectivity index (χ0) is 16.5. The number of hydrogen-bond donors (Lipinski definition) is 1. The molecule has 2 unspecified atom stereocenters. The number of pyridine rings is 1. The number of amides is 1. The fourth-order valence-corrected chi connectivity index (χ4v) is 7.17. The average molecular weight is 388 g/mol. The summed E-state index contributed by atoms with van der Waals surface area (Å²) < 4.78 is 3.23. The van der Waals surface area contributed by atoms with Gasteiger partial charge in [-0.25, -0.2) is 4.98 Å². The Morgan fingerprint density at radius 3 is 2.71 bits per heavy atom. The van der Waals surface area contributed by atoms with Crippen molar-refractivity contribution in [2.24, 2.45) is 11.8 Å². The number of halogens is 1. The maximum Gasteiger partial charge on any atom is 0.217 e. The predicted octanol–water partition coefficient (Wildman–Crippen LogP) is 3.82. The lowest BCUT2D eigenvalue weighted by Crippen LogP contribution is -2.64. The van der Waals surface area contributed by atoms with E-state index < -0.39 is 0 Å². The van der Waals surface area contributed by atoms with E-state index in [0.717, 1.165) is 41.3 Å². The summed E-state index contributed by atoms with van der Waals surface area (Å²) in [5.41, 5.74) is 2.31. The molecule has 4 aliphatic carbocycles. The van der Waals surface area contributed by atoms with Crippen LogP contribution in [0.15, 0.2) is 29.0 Å². The largest absolute Gasteiger partial charge is 0.351 e. The summed E-state index contributed by atoms with van der Waals surface area (Å²) >= 11 is 3.82. The van der Waals surface area contributed by atoms with Gasteiger partial charge in [0, 0.05) is 24.1 Å². The summed E-state index contributed by atoms with van der Waals surface area (Å²) in [5.74, 6) is 1.55. The number of hydrogen-bond acceptors (Lipinski definition) is 2. The maximum atomic E-state index is 11.8. The second-order valence-corrected chi connectivity index (χ2v) is 9.13. The molecule has 2 atom stereocenters. The monoisotopic (exact) mass is 387 g/mol. The topological polar surface area (TPSA) is 46.4 Å². The molecule has 0 spiro atoms. The van der Waals surface area contributed by atoms with Gasteiger partial charge in [-0.1, -0.05) is 6.07 Å². The van der Waals surface area contributed by atoms with Crippen LogP contribution in [0.1, 0.15) is 51.1 Å². The van der Waals surface area contributed by atoms with Gasteiger partial charge in [0.2, 0.25) is 5.91 Å². The number of nitrogens with one attached hydrogen (secondary N) is 1. The Hall–Kier alpha value is -1.36. The Labute approximate surface area is 150 Å². The Morgan fingerprint density at radius 2 is 2.04 bits per heavy atom. The van der Waals surface area contributed by atoms with Gasteiger partial charge < -0.3 is 5.32 Å². The van der Waals surface area contributed by atoms with Gasteiger partial charge in [0.15, 0.2) is 0 Å². The van der Waals surface area contributed by atoms with E-state index in [-0.39, 0.29) is 16.9 Å². The number of carbonyl (C=O) groups is 1. The van der Waals surface area contributed by atoms with Gasteiger partial charge in [0.1, 0.15) is 10.3 Å². The maximum absolute atomic E-state index is 11.8. The highest BCUT2D eigenvalue weighted by atomic mass is 79.9. The molecule has 2 aromatic rings. The fraction of sp³-hybridized carbons (Fsp3) is 0.579. The standard InChI is InChI=1S/C19H22BrN3O/c1-12(24)22-19-9-13-6-14(10-19)8-18(7-13,11-19)16-17(20)23-5-3-2-4-15(23)21-16/h2-5,13-14H,6-11H2,1H3,(H,22,24). The minimum Gasteiger partial charge on any atom is -0.351 e. The van der Waals surface area contributed by atoms with E-state index in [1.807, 2.05) is 12.1 Å². The normalized spacial score (nSPS) is 37.1. The Bertz CT molecular complexity index is 828. The molecule has 2 aromatic heterocycles. The minimum absolute atomic E-state index is 0.00877. The van der Waals surface area contributed by atoms with E-state index in [2.05, 4.69) is 37.9 Å². The molecule has 6 rings (SSSR count). The van der Waals surface area contributed by atoms with Crippen molar-refractivity contribution in [3.05, 3.63) is 34.7 Å². The first kappa shape index (κ1) is 14.9. The van der Waals surface area contributed by atoms with E-state index in [9.17, 15) is 4.79 Å². The lowest BCUT2D eigenvalue weighted by molar-refractivity contribution is -0.125. The third-order valence-electron chi connectivity index (χ3n) is 6.48. The summed E-state index contributed by atoms with van der Waals surface area (Å²) in [6.45, 7) is 1.66. The number of aromatic nitrogens is 2. The summed E-state index contributed by atoms with van der Waals surface area (Å²) in [6.07, 6.45) is 9.16. The number of imidazole rings is 1. The van der Waals surface area contributed by atoms with Crippen LogP contribution in [-0.2, 0) is 10.2 Å². The first-order chi connectivity index (χ1) is 11.5. The van der Waals surface area contributed by atoms with Crippen LogP contribution in [0.5, 0.6) is 0 Å². The lowest BCUT2D eigenvalue weighted by Gasteiger charge is -2.61. The van der Waals surface area contributed by atoms with Crippen LogP contribution in [-0.4, -0.2) is 20.8 Å². The highest BCUT2D eigenvalue weighted by Crippen LogP contribution is 2.62. The van der Waals surface area contributed by atoms with Gasteiger partial charge in [0.25, 0.3) is 0 Å². The third-order valence-corrected chi connectivity index (χ3v) is 7.23. The second-order valence-electron chi connectivity index (χ2n) is 8.38. The molecule has 1 N–H and O–H groups in total. The van der Waals surface area contributed by atoms with E-state index in [0.29, 0.717) is 0 Å². The summed E-state index contributed by atoms with van der Waals surface area (Å²) in [5, 5.41) is 3.35. The molecule has 126 valence electrons. The molecule has 0 aromatic carbocycles. The summed E-state index contributed by atoms with van der Waals surface area (Å²) in [4.78, 5) is 16.9. The van der Waals surface area contributed by atoms with Gasteiger partial charge >= 0.3 is 0 Å². The molecule has 0 aliphatic heterocycles. The van der Waals surface area contributed by atoms with E-state index in [4.69, 9.17) is 4.98 Å². The number of rotatable bonds is 2. The summed E-state index contributed by atoms with van der Waals surface area (Å²) in [7, 11) is 0. The van der Waals surface area contributed by atoms with Gasteiger partial charge in [-0.05, 0) is 78.4 Å². The molecule has 4 bridgehead atoms. The smallest absolute Gasteiger partial charge is 0.217 e. The Balaban J connectivity index is 1.64. The molecule has 4 fully saturated rings. The molecule has 4 aliphatic rings. The molecule has 5 heteroatoms. The second kappa shape index (κ2) is 4.84. The predicted molar refractivity (Wildman–Crippen MR) is 95.8 cm³/mol. The van der Waals surface area contributed by atoms with Crippen LogP contribution < -0.4 is 5.32 Å². The van der Waals surface area contributed by atoms with E-state index in [1.54, 1.807) is 6.92 Å². The Morgan fingerprint density at radius 1 is 1.29 bits per heavy atom. The van der Waals surface area contributed by atoms with Gasteiger partial charge in [-0.2, -0.15) is 0 Å². The van der Waals surface area contributed by atoms with Crippen molar-refractivity contribution in [3.63, 3.8) is 0 Å². The third kappa shape index (κ3) is 2.03. The molecule has 4 nitrogen and oxygen atoms in total. The molecule has 0 saturated heterocycles. The van der Waals surface area contributed by atoms with Crippen LogP contribution >= 0.6 is 15.9 Å². The molecule has 2 heterocycles. The van der Waals surface area contributed by atoms with Crippen molar-refractivity contribution < 1.29 is 4.79 Å². The lowest BCUT2D eigenvalue weighted by atomic mass is 9.46. The number of nitrogens with zero attached hydrogens (tertiary/aromatic N) is 2. The molecule has 4 saturated carbocycles. The number of carbonyl (C=O) groups excluding carboxylic acids is 1. The molecule has 1 amide bonds. The minimum atomic E-state index is -0.00877. The zero-order valence-electron chi connectivity index (χ0n) is 13.9. The first-order valence-electron chi connectivity index (χ1n) is 8.91. The zero-order valence-corrected chi connectivity index (χ0v) is 15.5. The molecular weight excluding hydrogens is 366 g/mol. The van der Waals surface area contributed by atoms with Crippen molar-refractivity contribution in [1.29, 1.82) is 0 Å². The highest BCUT2D eigenvalue weighted by molar-refractivity contribution is 9.10. The van der Waals surface area contributed by atoms with E-state index in [1.165, 1.54) is 25.0 Å². The van der Waals surface area contributed by atoms with Crippen LogP contribution in [0.3, 0.4) is 0 Å². The van der Waals surface area contributed by atoms with Crippen molar-refractivity contribution in [3.8, 4) is 0 Å². The van der Waals surface area contributed by atoms with Gasteiger partial charge in [-0.15, -0.1) is 0 Å². The van der Waals surface area contributed by atoms with Crippen LogP contribution in [0.4, 0.5) is 0 Å². The van der Waals surface area contributed by atoms with Crippen LogP contribution in [0, 0.1) is 11.8 Å². The van der Waals surface area contributed by atoms with Gasteiger partial charge in [0.05, 0.1) is 5.69 Å². The van der Waals surface area contributed by atoms with Crippen LogP contribution in [0.2, 0.25) is 0 Å². The fourth-order valence-electron chi connectivity index (χ4n) is 6.36. The molecular formula is C19H22BrN3O.